The van der Waals surface area contributed by atoms with Crippen molar-refractivity contribution in [1.82, 2.24) is 26.1 Å². The molecule has 2 aromatic rings. The maximum atomic E-state index is 13.3. The van der Waals surface area contributed by atoms with Crippen LogP contribution >= 0.6 is 11.8 Å². The molecule has 1 amide bonds. The van der Waals surface area contributed by atoms with Crippen LogP contribution in [0.15, 0.2) is 72.1 Å². The molecule has 1 fully saturated rings. The van der Waals surface area contributed by atoms with Crippen LogP contribution in [-0.4, -0.2) is 45.5 Å². The average molecular weight is 453 g/mol. The summed E-state index contributed by atoms with van der Waals surface area (Å²) in [5.41, 5.74) is 8.96. The lowest BCUT2D eigenvalue weighted by Gasteiger charge is -2.36. The van der Waals surface area contributed by atoms with E-state index in [1.807, 2.05) is 42.7 Å². The summed E-state index contributed by atoms with van der Waals surface area (Å²) in [6.07, 6.45) is 5.63. The Balaban J connectivity index is 1.11. The molecule has 0 aliphatic carbocycles. The van der Waals surface area contributed by atoms with E-state index >= 15 is 0 Å². The Morgan fingerprint density at radius 2 is 1.97 bits per heavy atom. The van der Waals surface area contributed by atoms with E-state index in [1.165, 1.54) is 29.5 Å². The number of rotatable bonds is 6. The van der Waals surface area contributed by atoms with Crippen LogP contribution in [0.1, 0.15) is 23.6 Å². The largest absolute Gasteiger partial charge is 0.355 e. The molecule has 0 radical (unpaired) electrons. The Hall–Kier alpha value is -3.04. The number of hydrazone groups is 1. The Labute approximate surface area is 190 Å². The third kappa shape index (κ3) is 4.44. The summed E-state index contributed by atoms with van der Waals surface area (Å²) in [4.78, 5) is 14.3. The van der Waals surface area contributed by atoms with Crippen LogP contribution in [0.4, 0.5) is 4.39 Å². The number of nitrogens with one attached hydrogen (secondary N) is 3. The first-order valence-corrected chi connectivity index (χ1v) is 11.7. The van der Waals surface area contributed by atoms with Crippen molar-refractivity contribution in [3.63, 3.8) is 0 Å². The van der Waals surface area contributed by atoms with Gasteiger partial charge in [0.25, 0.3) is 0 Å². The fourth-order valence-corrected chi connectivity index (χ4v) is 5.04. The first-order chi connectivity index (χ1) is 15.7. The lowest BCUT2D eigenvalue weighted by Crippen LogP contribution is -2.54. The molecule has 3 N–H and O–H groups in total. The summed E-state index contributed by atoms with van der Waals surface area (Å²) in [6.45, 7) is 0.619. The summed E-state index contributed by atoms with van der Waals surface area (Å²) in [5, 5.41) is 10.3. The van der Waals surface area contributed by atoms with Crippen molar-refractivity contribution in [3.8, 4) is 0 Å². The van der Waals surface area contributed by atoms with Crippen molar-refractivity contribution >= 4 is 22.8 Å². The van der Waals surface area contributed by atoms with Gasteiger partial charge in [0.05, 0.1) is 17.8 Å². The molecule has 32 heavy (non-hydrogen) atoms. The topological polar surface area (TPSA) is 72.0 Å². The molecule has 0 bridgehead atoms. The van der Waals surface area contributed by atoms with Crippen LogP contribution in [0.3, 0.4) is 0 Å². The molecule has 7 nitrogen and oxygen atoms in total. The molecule has 3 aliphatic heterocycles. The highest BCUT2D eigenvalue weighted by molar-refractivity contribution is 8.14. The van der Waals surface area contributed by atoms with Gasteiger partial charge in [-0.3, -0.25) is 10.2 Å². The Morgan fingerprint density at radius 3 is 2.78 bits per heavy atom. The van der Waals surface area contributed by atoms with E-state index in [1.54, 1.807) is 0 Å². The average Bonchev–Trinajstić information content (AvgIpc) is 3.43. The zero-order chi connectivity index (χ0) is 21.9. The van der Waals surface area contributed by atoms with E-state index < -0.39 is 0 Å². The number of nitrogens with zero attached hydrogens (tertiary/aromatic N) is 3. The van der Waals surface area contributed by atoms with E-state index in [0.717, 1.165) is 23.6 Å². The molecule has 166 valence electrons. The van der Waals surface area contributed by atoms with Gasteiger partial charge in [0.1, 0.15) is 12.0 Å². The number of thioether (sulfide) groups is 1. The number of hydrogen-bond donors (Lipinski definition) is 3. The molecule has 0 aromatic heterocycles. The fraction of sp³-hybridized carbons (Fsp3) is 0.304. The number of hydrogen-bond acceptors (Lipinski definition) is 7. The monoisotopic (exact) mass is 452 g/mol. The number of amidine groups is 1. The van der Waals surface area contributed by atoms with Crippen molar-refractivity contribution < 1.29 is 9.18 Å². The van der Waals surface area contributed by atoms with E-state index in [9.17, 15) is 9.18 Å². The van der Waals surface area contributed by atoms with Gasteiger partial charge >= 0.3 is 0 Å². The summed E-state index contributed by atoms with van der Waals surface area (Å²) in [5.74, 6) is 0.0859. The molecule has 3 aliphatic rings. The van der Waals surface area contributed by atoms with Gasteiger partial charge in [-0.1, -0.05) is 54.2 Å². The minimum absolute atomic E-state index is 0.00129. The van der Waals surface area contributed by atoms with Crippen molar-refractivity contribution in [2.45, 2.75) is 31.1 Å². The summed E-state index contributed by atoms with van der Waals surface area (Å²) < 4.78 is 13.3. The molecule has 0 saturated carbocycles. The maximum Gasteiger partial charge on any atom is 0.230 e. The zero-order valence-corrected chi connectivity index (χ0v) is 18.3. The van der Waals surface area contributed by atoms with E-state index in [0.29, 0.717) is 12.3 Å². The summed E-state index contributed by atoms with van der Waals surface area (Å²) in [6, 6.07) is 17.0. The van der Waals surface area contributed by atoms with Crippen LogP contribution in [0.2, 0.25) is 0 Å². The lowest BCUT2D eigenvalue weighted by molar-refractivity contribution is -0.118. The standard InChI is InChI=1S/C23H25FN6OS/c24-18-8-6-17(7-9-18)19-14-20-22-26-27-23(29(22)12-13-30(20)28-19)32-15-21(31)25-11-10-16-4-2-1-3-5-16/h1-9,12-13,19-20,22,26,28H,10-11,14-15H2,(H,25,31). The molecule has 3 heterocycles. The highest BCUT2D eigenvalue weighted by Gasteiger charge is 2.44. The van der Waals surface area contributed by atoms with Crippen LogP contribution < -0.4 is 16.2 Å². The number of benzene rings is 2. The van der Waals surface area contributed by atoms with E-state index in [4.69, 9.17) is 0 Å². The third-order valence-corrected chi connectivity index (χ3v) is 6.86. The minimum Gasteiger partial charge on any atom is -0.355 e. The molecular weight excluding hydrogens is 427 g/mol. The Bertz CT molecular complexity index is 1010. The van der Waals surface area contributed by atoms with Crippen molar-refractivity contribution in [3.05, 3.63) is 83.9 Å². The highest BCUT2D eigenvalue weighted by atomic mass is 32.2. The van der Waals surface area contributed by atoms with E-state index in [2.05, 4.69) is 43.3 Å². The quantitative estimate of drug-likeness (QED) is 0.626. The van der Waals surface area contributed by atoms with Gasteiger partial charge in [0.2, 0.25) is 5.91 Å². The molecule has 3 unspecified atom stereocenters. The third-order valence-electron chi connectivity index (χ3n) is 5.89. The summed E-state index contributed by atoms with van der Waals surface area (Å²) in [7, 11) is 0. The van der Waals surface area contributed by atoms with Gasteiger partial charge in [-0.05, 0) is 36.1 Å². The first kappa shape index (κ1) is 20.8. The van der Waals surface area contributed by atoms with E-state index in [-0.39, 0.29) is 30.0 Å². The maximum absolute atomic E-state index is 13.3. The van der Waals surface area contributed by atoms with Crippen LogP contribution in [0.25, 0.3) is 0 Å². The van der Waals surface area contributed by atoms with Crippen LogP contribution in [0.5, 0.6) is 0 Å². The van der Waals surface area contributed by atoms with Crippen LogP contribution in [0, 0.1) is 5.82 Å². The van der Waals surface area contributed by atoms with Gasteiger partial charge < -0.3 is 15.2 Å². The van der Waals surface area contributed by atoms with Gasteiger partial charge in [-0.15, -0.1) is 0 Å². The molecule has 0 spiro atoms. The van der Waals surface area contributed by atoms with Crippen LogP contribution in [-0.2, 0) is 11.2 Å². The molecule has 3 atom stereocenters. The molecule has 2 aromatic carbocycles. The number of amides is 1. The fourth-order valence-electron chi connectivity index (χ4n) is 4.23. The second kappa shape index (κ2) is 9.22. The lowest BCUT2D eigenvalue weighted by atomic mass is 10.00. The highest BCUT2D eigenvalue weighted by Crippen LogP contribution is 2.35. The summed E-state index contributed by atoms with van der Waals surface area (Å²) >= 11 is 1.43. The predicted octanol–water partition coefficient (Wildman–Crippen LogP) is 2.52. The number of fused-ring (bicyclic) bond motifs is 3. The second-order valence-electron chi connectivity index (χ2n) is 7.99. The zero-order valence-electron chi connectivity index (χ0n) is 17.4. The van der Waals surface area contributed by atoms with Gasteiger partial charge in [-0.2, -0.15) is 5.10 Å². The van der Waals surface area contributed by atoms with Crippen molar-refractivity contribution in [1.29, 1.82) is 0 Å². The number of carbonyl (C=O) groups excluding carboxylic acids is 1. The SMILES string of the molecule is O=C(CSC1=NNC2C3CC(c4ccc(F)cc4)NN3C=CN12)NCCc1ccccc1. The molecular formula is C23H25FN6OS. The predicted molar refractivity (Wildman–Crippen MR) is 123 cm³/mol. The van der Waals surface area contributed by atoms with Crippen molar-refractivity contribution in [2.24, 2.45) is 5.10 Å². The Kier molecular flexibility index (Phi) is 6.00. The molecule has 5 rings (SSSR count). The van der Waals surface area contributed by atoms with Crippen molar-refractivity contribution in [2.75, 3.05) is 12.3 Å². The number of hydrazine groups is 1. The molecule has 9 heteroatoms. The van der Waals surface area contributed by atoms with Gasteiger partial charge in [0, 0.05) is 18.9 Å². The minimum atomic E-state index is -0.229. The van der Waals surface area contributed by atoms with Gasteiger partial charge in [0.15, 0.2) is 5.17 Å². The van der Waals surface area contributed by atoms with Gasteiger partial charge in [-0.25, -0.2) is 9.82 Å². The smallest absolute Gasteiger partial charge is 0.230 e. The number of carbonyl (C=O) groups is 1. The Morgan fingerprint density at radius 1 is 1.16 bits per heavy atom. The first-order valence-electron chi connectivity index (χ1n) is 10.7. The molecule has 1 saturated heterocycles. The number of halogens is 1. The normalized spacial score (nSPS) is 23.4. The second-order valence-corrected chi connectivity index (χ2v) is 8.93.